The van der Waals surface area contributed by atoms with Crippen molar-refractivity contribution in [3.8, 4) is 5.75 Å². The van der Waals surface area contributed by atoms with Crippen LogP contribution < -0.4 is 16.9 Å². The first kappa shape index (κ1) is 16.1. The van der Waals surface area contributed by atoms with Gasteiger partial charge in [-0.1, -0.05) is 0 Å². The van der Waals surface area contributed by atoms with Crippen molar-refractivity contribution < 1.29 is 23.5 Å². The van der Waals surface area contributed by atoms with Crippen LogP contribution in [0.4, 0.5) is 0 Å². The van der Waals surface area contributed by atoms with E-state index in [1.54, 1.807) is 0 Å². The molecule has 120 valence electrons. The second kappa shape index (κ2) is 5.83. The van der Waals surface area contributed by atoms with E-state index in [4.69, 9.17) is 16.7 Å². The molecule has 1 amide bonds. The molecule has 22 heavy (non-hydrogen) atoms. The molecule has 1 aromatic carbocycles. The van der Waals surface area contributed by atoms with Crippen LogP contribution in [0.5, 0.6) is 5.75 Å². The lowest BCUT2D eigenvalue weighted by atomic mass is 10.1. The number of hydrogen-bond acceptors (Lipinski definition) is 7. The van der Waals surface area contributed by atoms with E-state index in [2.05, 4.69) is 0 Å². The van der Waals surface area contributed by atoms with E-state index < -0.39 is 22.0 Å². The van der Waals surface area contributed by atoms with Crippen LogP contribution in [0.25, 0.3) is 0 Å². The van der Waals surface area contributed by atoms with Crippen molar-refractivity contribution in [3.05, 3.63) is 35.7 Å². The highest BCUT2D eigenvalue weighted by Gasteiger charge is 2.42. The Labute approximate surface area is 126 Å². The quantitative estimate of drug-likeness (QED) is 0.344. The monoisotopic (exact) mass is 328 g/mol. The first-order valence-electron chi connectivity index (χ1n) is 6.25. The molecule has 0 spiro atoms. The number of nitrogens with zero attached hydrogens (tertiary/aromatic N) is 1. The third-order valence-electron chi connectivity index (χ3n) is 3.40. The predicted octanol–water partition coefficient (Wildman–Crippen LogP) is -1.21. The van der Waals surface area contributed by atoms with Crippen LogP contribution in [0.2, 0.25) is 0 Å². The Hall–Kier alpha value is -2.30. The predicted molar refractivity (Wildman–Crippen MR) is 75.7 cm³/mol. The summed E-state index contributed by atoms with van der Waals surface area (Å²) in [5.41, 5.74) is 12.8. The molecule has 1 aliphatic rings. The molecule has 0 saturated carbocycles. The van der Waals surface area contributed by atoms with Gasteiger partial charge in [0.1, 0.15) is 11.8 Å². The number of sulfonamides is 1. The van der Waals surface area contributed by atoms with Crippen molar-refractivity contribution in [1.29, 1.82) is 0 Å². The summed E-state index contributed by atoms with van der Waals surface area (Å²) in [6, 6.07) is 3.72. The van der Waals surface area contributed by atoms with Gasteiger partial charge in [0.25, 0.3) is 5.91 Å². The summed E-state index contributed by atoms with van der Waals surface area (Å²) in [5, 5.41) is 18.0. The summed E-state index contributed by atoms with van der Waals surface area (Å²) in [6.45, 7) is -0.149. The summed E-state index contributed by atoms with van der Waals surface area (Å²) in [7, 11) is -4.02. The van der Waals surface area contributed by atoms with Gasteiger partial charge in [-0.3, -0.25) is 10.0 Å². The minimum Gasteiger partial charge on any atom is -0.508 e. The van der Waals surface area contributed by atoms with Crippen molar-refractivity contribution in [2.75, 3.05) is 6.54 Å². The van der Waals surface area contributed by atoms with Gasteiger partial charge in [0.15, 0.2) is 0 Å². The average Bonchev–Trinajstić information content (AvgIpc) is 2.93. The number of phenols is 1. The second-order valence-corrected chi connectivity index (χ2v) is 6.69. The van der Waals surface area contributed by atoms with Gasteiger partial charge in [-0.2, -0.15) is 4.31 Å². The van der Waals surface area contributed by atoms with Gasteiger partial charge in [0.2, 0.25) is 10.0 Å². The molecule has 1 aromatic rings. The first-order chi connectivity index (χ1) is 10.3. The average molecular weight is 328 g/mol. The fourth-order valence-corrected chi connectivity index (χ4v) is 3.79. The largest absolute Gasteiger partial charge is 0.508 e. The molecule has 0 radical (unpaired) electrons. The molecular weight excluding hydrogens is 312 g/mol. The smallest absolute Gasteiger partial charge is 0.262 e. The molecule has 1 fully saturated rings. The number of nitrogens with one attached hydrogen (secondary N) is 1. The molecule has 9 nitrogen and oxygen atoms in total. The molecule has 10 heteroatoms. The normalized spacial score (nSPS) is 19.1. The summed E-state index contributed by atoms with van der Waals surface area (Å²) in [4.78, 5) is 11.6. The van der Waals surface area contributed by atoms with E-state index >= 15 is 0 Å². The third-order valence-corrected chi connectivity index (χ3v) is 5.27. The van der Waals surface area contributed by atoms with Gasteiger partial charge in [0, 0.05) is 6.54 Å². The number of amides is 1. The van der Waals surface area contributed by atoms with Gasteiger partial charge in [0.05, 0.1) is 10.7 Å². The Morgan fingerprint density at radius 2 is 1.86 bits per heavy atom. The molecule has 7 N–H and O–H groups in total. The lowest BCUT2D eigenvalue weighted by Crippen LogP contribution is -2.44. The molecule has 0 unspecified atom stereocenters. The Balaban J connectivity index is 2.45. The molecule has 0 bridgehead atoms. The lowest BCUT2D eigenvalue weighted by Gasteiger charge is -2.21. The van der Waals surface area contributed by atoms with Crippen LogP contribution in [-0.4, -0.2) is 41.5 Å². The Morgan fingerprint density at radius 1 is 1.27 bits per heavy atom. The van der Waals surface area contributed by atoms with Crippen LogP contribution in [0.3, 0.4) is 0 Å². The van der Waals surface area contributed by atoms with E-state index in [0.29, 0.717) is 5.57 Å². The van der Waals surface area contributed by atoms with Crippen LogP contribution >= 0.6 is 0 Å². The standard InChI is InChI=1S/C12H16N4O5S/c13-11(14)7-5-10(12(18)15-19)16(6-7)22(20,21)9-3-1-8(17)2-4-9/h1-4,10,17,19H,5-6,13-14H2,(H,15,18)/t10-/m1/s1. The minimum absolute atomic E-state index is 0.00790. The number of nitrogens with two attached hydrogens (primary N) is 2. The lowest BCUT2D eigenvalue weighted by molar-refractivity contribution is -0.132. The maximum absolute atomic E-state index is 12.6. The van der Waals surface area contributed by atoms with Crippen LogP contribution in [0.15, 0.2) is 40.6 Å². The second-order valence-electron chi connectivity index (χ2n) is 4.80. The van der Waals surface area contributed by atoms with Crippen LogP contribution in [0, 0.1) is 0 Å². The highest BCUT2D eigenvalue weighted by Crippen LogP contribution is 2.30. The van der Waals surface area contributed by atoms with Gasteiger partial charge in [-0.15, -0.1) is 0 Å². The molecule has 0 aliphatic carbocycles. The Morgan fingerprint density at radius 3 is 2.36 bits per heavy atom. The van der Waals surface area contributed by atoms with E-state index in [1.165, 1.54) is 29.7 Å². The zero-order chi connectivity index (χ0) is 16.5. The third kappa shape index (κ3) is 2.84. The summed E-state index contributed by atoms with van der Waals surface area (Å²) >= 11 is 0. The maximum Gasteiger partial charge on any atom is 0.262 e. The first-order valence-corrected chi connectivity index (χ1v) is 7.69. The zero-order valence-corrected chi connectivity index (χ0v) is 12.2. The van der Waals surface area contributed by atoms with E-state index in [0.717, 1.165) is 4.31 Å². The number of hydroxylamine groups is 1. The summed E-state index contributed by atoms with van der Waals surface area (Å²) in [5.74, 6) is -1.02. The van der Waals surface area contributed by atoms with E-state index in [9.17, 15) is 18.3 Å². The van der Waals surface area contributed by atoms with Crippen molar-refractivity contribution in [1.82, 2.24) is 9.79 Å². The van der Waals surface area contributed by atoms with Gasteiger partial charge in [-0.05, 0) is 36.3 Å². The van der Waals surface area contributed by atoms with Crippen LogP contribution in [0.1, 0.15) is 6.42 Å². The van der Waals surface area contributed by atoms with Crippen molar-refractivity contribution in [2.24, 2.45) is 11.5 Å². The number of carbonyl (C=O) groups excluding carboxylic acids is 1. The molecule has 2 rings (SSSR count). The molecule has 1 atom stereocenters. The number of aromatic hydroxyl groups is 1. The van der Waals surface area contributed by atoms with Gasteiger partial charge < -0.3 is 16.6 Å². The zero-order valence-electron chi connectivity index (χ0n) is 11.4. The molecule has 1 heterocycles. The number of rotatable bonds is 3. The Bertz CT molecular complexity index is 710. The fraction of sp³-hybridized carbons (Fsp3) is 0.250. The maximum atomic E-state index is 12.6. The highest BCUT2D eigenvalue weighted by atomic mass is 32.2. The minimum atomic E-state index is -4.02. The summed E-state index contributed by atoms with van der Waals surface area (Å²) in [6.07, 6.45) is -0.00790. The van der Waals surface area contributed by atoms with Gasteiger partial charge >= 0.3 is 0 Å². The number of benzene rings is 1. The summed E-state index contributed by atoms with van der Waals surface area (Å²) < 4.78 is 26.1. The van der Waals surface area contributed by atoms with E-state index in [1.807, 2.05) is 0 Å². The molecular formula is C12H16N4O5S. The molecule has 1 saturated heterocycles. The van der Waals surface area contributed by atoms with Gasteiger partial charge in [-0.25, -0.2) is 13.9 Å². The topological polar surface area (TPSA) is 159 Å². The molecule has 0 aromatic heterocycles. The van der Waals surface area contributed by atoms with Crippen LogP contribution in [-0.2, 0) is 14.8 Å². The van der Waals surface area contributed by atoms with Crippen molar-refractivity contribution >= 4 is 15.9 Å². The van der Waals surface area contributed by atoms with Crippen molar-refractivity contribution in [3.63, 3.8) is 0 Å². The van der Waals surface area contributed by atoms with E-state index in [-0.39, 0.29) is 29.4 Å². The molecule has 1 aliphatic heterocycles. The Kier molecular flexibility index (Phi) is 4.26. The number of phenolic OH excluding ortho intramolecular Hbond substituents is 1. The highest BCUT2D eigenvalue weighted by molar-refractivity contribution is 7.89. The fourth-order valence-electron chi connectivity index (χ4n) is 2.21. The SMILES string of the molecule is NC(N)=C1C[C@H](C(=O)NO)N(S(=O)(=O)c2ccc(O)cc2)C1. The number of hydrogen-bond donors (Lipinski definition) is 5. The number of carbonyl (C=O) groups is 1. The van der Waals surface area contributed by atoms with Crippen molar-refractivity contribution in [2.45, 2.75) is 17.4 Å².